The average Bonchev–Trinajstić information content (AvgIpc) is 3.48. The summed E-state index contributed by atoms with van der Waals surface area (Å²) < 4.78 is 0. The van der Waals surface area contributed by atoms with Crippen LogP contribution >= 0.6 is 0 Å². The molecule has 1 aliphatic carbocycles. The molecule has 1 amide bonds. The Balaban J connectivity index is 1.44. The van der Waals surface area contributed by atoms with Crippen LogP contribution in [0.25, 0.3) is 0 Å². The fraction of sp³-hybridized carbons (Fsp3) is 0.444. The first kappa shape index (κ1) is 15.8. The number of H-pyrrole nitrogens is 1. The zero-order valence-electron chi connectivity index (χ0n) is 14.0. The van der Waals surface area contributed by atoms with Gasteiger partial charge in [-0.1, -0.05) is 6.07 Å². The Morgan fingerprint density at radius 1 is 1.12 bits per heavy atom. The second kappa shape index (κ2) is 6.66. The molecule has 0 bridgehead atoms. The molecule has 0 aromatic carbocycles. The summed E-state index contributed by atoms with van der Waals surface area (Å²) in [6.45, 7) is 1.38. The van der Waals surface area contributed by atoms with Gasteiger partial charge in [0, 0.05) is 37.4 Å². The highest BCUT2D eigenvalue weighted by Crippen LogP contribution is 2.35. The zero-order chi connectivity index (χ0) is 17.2. The molecular weight excluding hydrogens is 318 g/mol. The van der Waals surface area contributed by atoms with Crippen molar-refractivity contribution in [3.05, 3.63) is 52.8 Å². The molecule has 1 N–H and O–H groups in total. The molecule has 7 heteroatoms. The molecule has 2 fully saturated rings. The quantitative estimate of drug-likeness (QED) is 0.911. The van der Waals surface area contributed by atoms with E-state index in [0.29, 0.717) is 30.9 Å². The van der Waals surface area contributed by atoms with Gasteiger partial charge in [-0.25, -0.2) is 9.97 Å². The number of likely N-dealkylation sites (tertiary alicyclic amines) is 1. The predicted molar refractivity (Wildman–Crippen MR) is 93.5 cm³/mol. The van der Waals surface area contributed by atoms with E-state index >= 15 is 0 Å². The minimum atomic E-state index is -0.246. The number of nitrogens with zero attached hydrogens (tertiary/aromatic N) is 4. The summed E-state index contributed by atoms with van der Waals surface area (Å²) in [7, 11) is 0. The number of aromatic amines is 1. The summed E-state index contributed by atoms with van der Waals surface area (Å²) in [5.41, 5.74) is 0.116. The van der Waals surface area contributed by atoms with Crippen molar-refractivity contribution in [2.24, 2.45) is 0 Å². The third-order valence-corrected chi connectivity index (χ3v) is 4.92. The molecule has 0 atom stereocenters. The standard InChI is InChI=1S/C18H21N5O2/c24-17-3-1-2-15(21-17)18(25)22-10-7-14(8-11-22)23(13-4-5-13)16-6-9-19-12-20-16/h1-3,6,9,12-14H,4-5,7-8,10-11H2,(H,21,24). The molecule has 130 valence electrons. The maximum absolute atomic E-state index is 12.6. The van der Waals surface area contributed by atoms with Gasteiger partial charge in [-0.05, 0) is 37.8 Å². The SMILES string of the molecule is O=C(c1cccc(=O)[nH]1)N1CCC(N(c2ccncn2)C2CC2)CC1. The van der Waals surface area contributed by atoms with Crippen molar-refractivity contribution in [2.75, 3.05) is 18.0 Å². The summed E-state index contributed by atoms with van der Waals surface area (Å²) in [5.74, 6) is 0.880. The van der Waals surface area contributed by atoms with E-state index in [1.54, 1.807) is 24.7 Å². The molecule has 1 saturated heterocycles. The summed E-state index contributed by atoms with van der Waals surface area (Å²) >= 11 is 0. The minimum absolute atomic E-state index is 0.101. The molecule has 2 aromatic heterocycles. The van der Waals surface area contributed by atoms with Gasteiger partial charge in [0.1, 0.15) is 17.8 Å². The van der Waals surface area contributed by atoms with Crippen LogP contribution in [0.2, 0.25) is 0 Å². The molecule has 1 saturated carbocycles. The second-order valence-electron chi connectivity index (χ2n) is 6.66. The van der Waals surface area contributed by atoms with Crippen LogP contribution in [0, 0.1) is 0 Å². The number of hydrogen-bond acceptors (Lipinski definition) is 5. The summed E-state index contributed by atoms with van der Waals surface area (Å²) in [4.78, 5) is 39.3. The normalized spacial score (nSPS) is 18.2. The van der Waals surface area contributed by atoms with Gasteiger partial charge in [0.2, 0.25) is 5.56 Å². The Morgan fingerprint density at radius 3 is 2.52 bits per heavy atom. The largest absolute Gasteiger partial charge is 0.350 e. The Morgan fingerprint density at radius 2 is 1.88 bits per heavy atom. The molecule has 0 spiro atoms. The Kier molecular flexibility index (Phi) is 4.21. The maximum Gasteiger partial charge on any atom is 0.270 e. The molecule has 7 nitrogen and oxygen atoms in total. The van der Waals surface area contributed by atoms with Crippen molar-refractivity contribution in [3.8, 4) is 0 Å². The van der Waals surface area contributed by atoms with Crippen LogP contribution in [-0.4, -0.2) is 50.9 Å². The van der Waals surface area contributed by atoms with Crippen molar-refractivity contribution >= 4 is 11.7 Å². The van der Waals surface area contributed by atoms with Gasteiger partial charge < -0.3 is 14.8 Å². The minimum Gasteiger partial charge on any atom is -0.350 e. The lowest BCUT2D eigenvalue weighted by atomic mass is 10.0. The van der Waals surface area contributed by atoms with Gasteiger partial charge in [0.05, 0.1) is 0 Å². The monoisotopic (exact) mass is 339 g/mol. The summed E-state index contributed by atoms with van der Waals surface area (Å²) in [6.07, 6.45) is 7.59. The highest BCUT2D eigenvalue weighted by molar-refractivity contribution is 5.92. The predicted octanol–water partition coefficient (Wildman–Crippen LogP) is 1.44. The van der Waals surface area contributed by atoms with E-state index in [2.05, 4.69) is 19.9 Å². The Hall–Kier alpha value is -2.70. The number of rotatable bonds is 4. The first-order valence-electron chi connectivity index (χ1n) is 8.75. The van der Waals surface area contributed by atoms with Crippen LogP contribution in [-0.2, 0) is 0 Å². The number of piperidine rings is 1. The molecule has 2 aliphatic rings. The van der Waals surface area contributed by atoms with Crippen LogP contribution in [0.4, 0.5) is 5.82 Å². The molecule has 3 heterocycles. The maximum atomic E-state index is 12.6. The fourth-order valence-corrected chi connectivity index (χ4v) is 3.55. The number of nitrogens with one attached hydrogen (secondary N) is 1. The average molecular weight is 339 g/mol. The zero-order valence-corrected chi connectivity index (χ0v) is 14.0. The molecular formula is C18H21N5O2. The Bertz CT molecular complexity index is 794. The van der Waals surface area contributed by atoms with Crippen LogP contribution in [0.5, 0.6) is 0 Å². The van der Waals surface area contributed by atoms with E-state index in [9.17, 15) is 9.59 Å². The highest BCUT2D eigenvalue weighted by atomic mass is 16.2. The lowest BCUT2D eigenvalue weighted by Crippen LogP contribution is -2.48. The van der Waals surface area contributed by atoms with E-state index in [1.807, 2.05) is 11.0 Å². The lowest BCUT2D eigenvalue weighted by molar-refractivity contribution is 0.0705. The number of hydrogen-bond donors (Lipinski definition) is 1. The number of amides is 1. The van der Waals surface area contributed by atoms with E-state index in [0.717, 1.165) is 18.7 Å². The molecule has 2 aromatic rings. The molecule has 0 radical (unpaired) electrons. The van der Waals surface area contributed by atoms with E-state index < -0.39 is 0 Å². The summed E-state index contributed by atoms with van der Waals surface area (Å²) in [6, 6.07) is 7.60. The number of aromatic nitrogens is 3. The van der Waals surface area contributed by atoms with Gasteiger partial charge in [0.15, 0.2) is 0 Å². The van der Waals surface area contributed by atoms with Crippen molar-refractivity contribution in [1.82, 2.24) is 19.9 Å². The Labute approximate surface area is 145 Å². The van der Waals surface area contributed by atoms with Gasteiger partial charge >= 0.3 is 0 Å². The fourth-order valence-electron chi connectivity index (χ4n) is 3.55. The van der Waals surface area contributed by atoms with Crippen molar-refractivity contribution < 1.29 is 4.79 Å². The van der Waals surface area contributed by atoms with Crippen molar-refractivity contribution in [2.45, 2.75) is 37.8 Å². The van der Waals surface area contributed by atoms with Crippen molar-refractivity contribution in [1.29, 1.82) is 0 Å². The molecule has 4 rings (SSSR count). The van der Waals surface area contributed by atoms with Gasteiger partial charge in [0.25, 0.3) is 5.91 Å². The number of carbonyl (C=O) groups is 1. The molecule has 0 unspecified atom stereocenters. The number of anilines is 1. The smallest absolute Gasteiger partial charge is 0.270 e. The second-order valence-corrected chi connectivity index (χ2v) is 6.66. The van der Waals surface area contributed by atoms with Gasteiger partial charge in [-0.15, -0.1) is 0 Å². The van der Waals surface area contributed by atoms with E-state index in [1.165, 1.54) is 18.9 Å². The molecule has 1 aliphatic heterocycles. The number of carbonyl (C=O) groups excluding carboxylic acids is 1. The first-order chi connectivity index (χ1) is 12.2. The van der Waals surface area contributed by atoms with E-state index in [-0.39, 0.29) is 11.5 Å². The highest BCUT2D eigenvalue weighted by Gasteiger charge is 2.37. The summed E-state index contributed by atoms with van der Waals surface area (Å²) in [5, 5.41) is 0. The van der Waals surface area contributed by atoms with E-state index in [4.69, 9.17) is 0 Å². The van der Waals surface area contributed by atoms with Gasteiger partial charge in [-0.2, -0.15) is 0 Å². The van der Waals surface area contributed by atoms with Crippen LogP contribution < -0.4 is 10.5 Å². The van der Waals surface area contributed by atoms with Crippen LogP contribution in [0.3, 0.4) is 0 Å². The first-order valence-corrected chi connectivity index (χ1v) is 8.75. The van der Waals surface area contributed by atoms with Crippen LogP contribution in [0.1, 0.15) is 36.2 Å². The lowest BCUT2D eigenvalue weighted by Gasteiger charge is -2.39. The van der Waals surface area contributed by atoms with Gasteiger partial charge in [-0.3, -0.25) is 9.59 Å². The topological polar surface area (TPSA) is 82.2 Å². The third-order valence-electron chi connectivity index (χ3n) is 4.92. The van der Waals surface area contributed by atoms with Crippen LogP contribution in [0.15, 0.2) is 41.6 Å². The van der Waals surface area contributed by atoms with Crippen molar-refractivity contribution in [3.63, 3.8) is 0 Å². The molecule has 25 heavy (non-hydrogen) atoms. The third kappa shape index (κ3) is 3.40. The number of pyridine rings is 1.